The lowest BCUT2D eigenvalue weighted by Crippen LogP contribution is -2.13. The van der Waals surface area contributed by atoms with Crippen molar-refractivity contribution in [3.63, 3.8) is 0 Å². The van der Waals surface area contributed by atoms with Gasteiger partial charge in [0.15, 0.2) is 0 Å². The second-order valence-corrected chi connectivity index (χ2v) is 6.42. The van der Waals surface area contributed by atoms with Gasteiger partial charge in [-0.3, -0.25) is 4.79 Å². The Hall–Kier alpha value is -2.62. The Morgan fingerprint density at radius 3 is 1.96 bits per heavy atom. The predicted octanol–water partition coefficient (Wildman–Crippen LogP) is 4.16. The first kappa shape index (κ1) is 16.7. The van der Waals surface area contributed by atoms with E-state index >= 15 is 0 Å². The normalized spacial score (nSPS) is 11.0. The van der Waals surface area contributed by atoms with Gasteiger partial charge < -0.3 is 10.1 Å². The third kappa shape index (κ3) is 4.68. The van der Waals surface area contributed by atoms with Gasteiger partial charge in [-0.05, 0) is 47.4 Å². The van der Waals surface area contributed by atoms with E-state index < -0.39 is 5.97 Å². The van der Waals surface area contributed by atoms with E-state index in [1.165, 1.54) is 6.92 Å². The van der Waals surface area contributed by atoms with Gasteiger partial charge in [0.05, 0.1) is 5.56 Å². The lowest BCUT2D eigenvalue weighted by molar-refractivity contribution is -0.114. The second-order valence-electron chi connectivity index (χ2n) is 6.42. The number of anilines is 1. The van der Waals surface area contributed by atoms with Crippen molar-refractivity contribution >= 4 is 17.6 Å². The van der Waals surface area contributed by atoms with Crippen LogP contribution in [-0.2, 0) is 10.2 Å². The van der Waals surface area contributed by atoms with Crippen molar-refractivity contribution in [2.24, 2.45) is 0 Å². The molecule has 4 nitrogen and oxygen atoms in total. The number of ether oxygens (including phenoxy) is 1. The average molecular weight is 311 g/mol. The molecule has 23 heavy (non-hydrogen) atoms. The van der Waals surface area contributed by atoms with Crippen LogP contribution in [0.25, 0.3) is 0 Å². The maximum Gasteiger partial charge on any atom is 0.343 e. The van der Waals surface area contributed by atoms with E-state index in [1.807, 2.05) is 12.1 Å². The molecule has 0 fully saturated rings. The van der Waals surface area contributed by atoms with E-state index in [-0.39, 0.29) is 11.3 Å². The molecule has 0 aromatic heterocycles. The summed E-state index contributed by atoms with van der Waals surface area (Å²) in [6.45, 7) is 7.81. The van der Waals surface area contributed by atoms with Crippen molar-refractivity contribution in [1.29, 1.82) is 0 Å². The summed E-state index contributed by atoms with van der Waals surface area (Å²) in [6, 6.07) is 14.1. The first-order valence-corrected chi connectivity index (χ1v) is 7.46. The first-order chi connectivity index (χ1) is 10.8. The third-order valence-electron chi connectivity index (χ3n) is 3.37. The molecule has 0 unspecified atom stereocenters. The highest BCUT2D eigenvalue weighted by Crippen LogP contribution is 2.23. The van der Waals surface area contributed by atoms with E-state index in [0.717, 1.165) is 5.56 Å². The molecular weight excluding hydrogens is 290 g/mol. The standard InChI is InChI=1S/C19H21NO3/c1-13(21)20-16-9-11-17(12-10-16)23-18(22)14-5-7-15(8-6-14)19(2,3)4/h5-12H,1-4H3,(H,20,21). The van der Waals surface area contributed by atoms with Crippen molar-refractivity contribution < 1.29 is 14.3 Å². The summed E-state index contributed by atoms with van der Waals surface area (Å²) < 4.78 is 5.33. The van der Waals surface area contributed by atoms with Gasteiger partial charge in [0, 0.05) is 12.6 Å². The number of hydrogen-bond acceptors (Lipinski definition) is 3. The number of esters is 1. The van der Waals surface area contributed by atoms with Gasteiger partial charge in [0.2, 0.25) is 5.91 Å². The highest BCUT2D eigenvalue weighted by Gasteiger charge is 2.15. The molecule has 1 N–H and O–H groups in total. The molecule has 4 heteroatoms. The van der Waals surface area contributed by atoms with Crippen LogP contribution in [0.4, 0.5) is 5.69 Å². The van der Waals surface area contributed by atoms with Crippen LogP contribution in [0.3, 0.4) is 0 Å². The number of hydrogen-bond donors (Lipinski definition) is 1. The molecule has 0 heterocycles. The molecular formula is C19H21NO3. The van der Waals surface area contributed by atoms with Gasteiger partial charge in [-0.25, -0.2) is 4.79 Å². The summed E-state index contributed by atoms with van der Waals surface area (Å²) in [5.74, 6) is -0.115. The zero-order chi connectivity index (χ0) is 17.0. The Morgan fingerprint density at radius 1 is 0.913 bits per heavy atom. The molecule has 0 saturated heterocycles. The summed E-state index contributed by atoms with van der Waals surface area (Å²) in [6.07, 6.45) is 0. The molecule has 0 radical (unpaired) electrons. The fourth-order valence-electron chi connectivity index (χ4n) is 2.08. The second kappa shape index (κ2) is 6.65. The molecule has 0 spiro atoms. The average Bonchev–Trinajstić information content (AvgIpc) is 2.48. The minimum Gasteiger partial charge on any atom is -0.423 e. The molecule has 1 amide bonds. The van der Waals surface area contributed by atoms with Crippen LogP contribution in [-0.4, -0.2) is 11.9 Å². The van der Waals surface area contributed by atoms with Gasteiger partial charge in [-0.1, -0.05) is 32.9 Å². The minimum atomic E-state index is -0.405. The fraction of sp³-hybridized carbons (Fsp3) is 0.263. The quantitative estimate of drug-likeness (QED) is 0.684. The number of nitrogens with one attached hydrogen (secondary N) is 1. The molecule has 0 atom stereocenters. The first-order valence-electron chi connectivity index (χ1n) is 7.46. The largest absolute Gasteiger partial charge is 0.423 e. The van der Waals surface area contributed by atoms with Crippen molar-refractivity contribution in [1.82, 2.24) is 0 Å². The van der Waals surface area contributed by atoms with Gasteiger partial charge >= 0.3 is 5.97 Å². The fourth-order valence-corrected chi connectivity index (χ4v) is 2.08. The Labute approximate surface area is 136 Å². The summed E-state index contributed by atoms with van der Waals surface area (Å²) >= 11 is 0. The smallest absolute Gasteiger partial charge is 0.343 e. The van der Waals surface area contributed by atoms with E-state index in [1.54, 1.807) is 36.4 Å². The number of amides is 1. The maximum absolute atomic E-state index is 12.1. The number of benzene rings is 2. The van der Waals surface area contributed by atoms with Crippen molar-refractivity contribution in [2.75, 3.05) is 5.32 Å². The molecule has 0 aliphatic rings. The molecule has 2 aromatic carbocycles. The zero-order valence-corrected chi connectivity index (χ0v) is 13.8. The SMILES string of the molecule is CC(=O)Nc1ccc(OC(=O)c2ccc(C(C)(C)C)cc2)cc1. The molecule has 0 saturated carbocycles. The molecule has 2 rings (SSSR count). The van der Waals surface area contributed by atoms with E-state index in [9.17, 15) is 9.59 Å². The minimum absolute atomic E-state index is 0.0436. The lowest BCUT2D eigenvalue weighted by Gasteiger charge is -2.18. The summed E-state index contributed by atoms with van der Waals surface area (Å²) in [5, 5.41) is 2.66. The highest BCUT2D eigenvalue weighted by molar-refractivity contribution is 5.91. The monoisotopic (exact) mass is 311 g/mol. The van der Waals surface area contributed by atoms with Crippen LogP contribution in [0, 0.1) is 0 Å². The Bertz CT molecular complexity index is 695. The van der Waals surface area contributed by atoms with Crippen LogP contribution in [0.5, 0.6) is 5.75 Å². The van der Waals surface area contributed by atoms with Crippen molar-refractivity contribution in [3.05, 3.63) is 59.7 Å². The van der Waals surface area contributed by atoms with Crippen molar-refractivity contribution in [2.45, 2.75) is 33.1 Å². The number of carbonyl (C=O) groups is 2. The van der Waals surface area contributed by atoms with E-state index in [4.69, 9.17) is 4.74 Å². The van der Waals surface area contributed by atoms with Crippen LogP contribution in [0.2, 0.25) is 0 Å². The van der Waals surface area contributed by atoms with Crippen LogP contribution < -0.4 is 10.1 Å². The Balaban J connectivity index is 2.05. The number of carbonyl (C=O) groups excluding carboxylic acids is 2. The van der Waals surface area contributed by atoms with E-state index in [0.29, 0.717) is 17.0 Å². The number of rotatable bonds is 3. The lowest BCUT2D eigenvalue weighted by atomic mass is 9.87. The molecule has 2 aromatic rings. The third-order valence-corrected chi connectivity index (χ3v) is 3.37. The molecule has 0 bridgehead atoms. The molecule has 120 valence electrons. The van der Waals surface area contributed by atoms with Crippen LogP contribution in [0.15, 0.2) is 48.5 Å². The topological polar surface area (TPSA) is 55.4 Å². The van der Waals surface area contributed by atoms with Gasteiger partial charge in [-0.15, -0.1) is 0 Å². The predicted molar refractivity (Wildman–Crippen MR) is 90.8 cm³/mol. The summed E-state index contributed by atoms with van der Waals surface area (Å²) in [4.78, 5) is 23.1. The maximum atomic E-state index is 12.1. The Morgan fingerprint density at radius 2 is 1.48 bits per heavy atom. The summed E-state index contributed by atoms with van der Waals surface area (Å²) in [7, 11) is 0. The summed E-state index contributed by atoms with van der Waals surface area (Å²) in [5.41, 5.74) is 2.37. The van der Waals surface area contributed by atoms with Crippen LogP contribution >= 0.6 is 0 Å². The zero-order valence-electron chi connectivity index (χ0n) is 13.8. The van der Waals surface area contributed by atoms with Crippen LogP contribution in [0.1, 0.15) is 43.6 Å². The highest BCUT2D eigenvalue weighted by atomic mass is 16.5. The van der Waals surface area contributed by atoms with Gasteiger partial charge in [0.1, 0.15) is 5.75 Å². The van der Waals surface area contributed by atoms with E-state index in [2.05, 4.69) is 26.1 Å². The molecule has 0 aliphatic carbocycles. The van der Waals surface area contributed by atoms with Gasteiger partial charge in [0.25, 0.3) is 0 Å². The Kier molecular flexibility index (Phi) is 4.84. The molecule has 0 aliphatic heterocycles. The van der Waals surface area contributed by atoms with Gasteiger partial charge in [-0.2, -0.15) is 0 Å². The van der Waals surface area contributed by atoms with Crippen molar-refractivity contribution in [3.8, 4) is 5.75 Å².